The molecule has 19 heavy (non-hydrogen) atoms. The number of pyridine rings is 1. The molecule has 2 aromatic heterocycles. The molecule has 0 radical (unpaired) electrons. The number of aromatic amines is 1. The number of hydrogen-bond donors (Lipinski definition) is 1. The van der Waals surface area contributed by atoms with E-state index in [2.05, 4.69) is 21.0 Å². The predicted octanol–water partition coefficient (Wildman–Crippen LogP) is 2.33. The number of fused-ring (bicyclic) bond motifs is 1. The van der Waals surface area contributed by atoms with Gasteiger partial charge in [0.1, 0.15) is 5.69 Å². The first kappa shape index (κ1) is 12.1. The minimum absolute atomic E-state index is 0.00137. The SMILES string of the molecule is Cc1cnc(-c2nc3c(c(=O)[nH]2)CCCC3)c(C)c1. The maximum atomic E-state index is 12.1. The molecule has 0 aliphatic heterocycles. The maximum Gasteiger partial charge on any atom is 0.254 e. The zero-order valence-electron chi connectivity index (χ0n) is 11.3. The fourth-order valence-corrected chi connectivity index (χ4v) is 2.68. The van der Waals surface area contributed by atoms with Gasteiger partial charge in [0.25, 0.3) is 5.56 Å². The van der Waals surface area contributed by atoms with E-state index in [9.17, 15) is 4.79 Å². The van der Waals surface area contributed by atoms with E-state index in [-0.39, 0.29) is 5.56 Å². The highest BCUT2D eigenvalue weighted by molar-refractivity contribution is 5.55. The first-order chi connectivity index (χ1) is 9.15. The minimum atomic E-state index is 0.00137. The lowest BCUT2D eigenvalue weighted by Crippen LogP contribution is -2.22. The largest absolute Gasteiger partial charge is 0.305 e. The second kappa shape index (κ2) is 4.61. The van der Waals surface area contributed by atoms with E-state index in [4.69, 9.17) is 0 Å². The smallest absolute Gasteiger partial charge is 0.254 e. The number of nitrogens with zero attached hydrogens (tertiary/aromatic N) is 2. The third kappa shape index (κ3) is 2.18. The lowest BCUT2D eigenvalue weighted by molar-refractivity contribution is 0.657. The number of rotatable bonds is 1. The van der Waals surface area contributed by atoms with Gasteiger partial charge >= 0.3 is 0 Å². The number of H-pyrrole nitrogens is 1. The van der Waals surface area contributed by atoms with Crippen molar-refractivity contribution in [3.63, 3.8) is 0 Å². The molecule has 4 nitrogen and oxygen atoms in total. The van der Waals surface area contributed by atoms with Gasteiger partial charge in [-0.3, -0.25) is 9.78 Å². The van der Waals surface area contributed by atoms with Gasteiger partial charge in [0.15, 0.2) is 5.82 Å². The Morgan fingerprint density at radius 1 is 1.21 bits per heavy atom. The van der Waals surface area contributed by atoms with Crippen molar-refractivity contribution in [1.82, 2.24) is 15.0 Å². The molecule has 0 saturated carbocycles. The van der Waals surface area contributed by atoms with Crippen LogP contribution < -0.4 is 5.56 Å². The van der Waals surface area contributed by atoms with Crippen LogP contribution in [0.1, 0.15) is 35.2 Å². The summed E-state index contributed by atoms with van der Waals surface area (Å²) in [5.74, 6) is 0.600. The summed E-state index contributed by atoms with van der Waals surface area (Å²) in [4.78, 5) is 24.0. The number of hydrogen-bond acceptors (Lipinski definition) is 3. The van der Waals surface area contributed by atoms with Crippen LogP contribution >= 0.6 is 0 Å². The standard InChI is InChI=1S/C15H17N3O/c1-9-7-10(2)13(16-8-9)14-17-12-6-4-3-5-11(12)15(19)18-14/h7-8H,3-6H2,1-2H3,(H,17,18,19). The lowest BCUT2D eigenvalue weighted by atomic mass is 9.97. The van der Waals surface area contributed by atoms with Crippen LogP contribution in [0, 0.1) is 13.8 Å². The quantitative estimate of drug-likeness (QED) is 0.850. The van der Waals surface area contributed by atoms with Gasteiger partial charge in [-0.25, -0.2) is 4.98 Å². The zero-order valence-corrected chi connectivity index (χ0v) is 11.3. The van der Waals surface area contributed by atoms with E-state index in [1.807, 2.05) is 20.0 Å². The highest BCUT2D eigenvalue weighted by atomic mass is 16.1. The summed E-state index contributed by atoms with van der Waals surface area (Å²) in [5.41, 5.74) is 4.74. The van der Waals surface area contributed by atoms with Gasteiger partial charge in [-0.05, 0) is 50.7 Å². The van der Waals surface area contributed by atoms with Crippen molar-refractivity contribution in [2.75, 3.05) is 0 Å². The van der Waals surface area contributed by atoms with Crippen LogP contribution in [-0.2, 0) is 12.8 Å². The molecular weight excluding hydrogens is 238 g/mol. The van der Waals surface area contributed by atoms with Crippen molar-refractivity contribution in [2.24, 2.45) is 0 Å². The molecular formula is C15H17N3O. The second-order valence-corrected chi connectivity index (χ2v) is 5.23. The molecule has 4 heteroatoms. The molecule has 0 atom stereocenters. The minimum Gasteiger partial charge on any atom is -0.305 e. The molecule has 1 aliphatic carbocycles. The molecule has 0 amide bonds. The van der Waals surface area contributed by atoms with E-state index in [0.717, 1.165) is 53.8 Å². The van der Waals surface area contributed by atoms with Crippen molar-refractivity contribution >= 4 is 0 Å². The molecule has 2 aromatic rings. The van der Waals surface area contributed by atoms with Crippen molar-refractivity contribution in [1.29, 1.82) is 0 Å². The molecule has 0 fully saturated rings. The molecule has 0 bridgehead atoms. The van der Waals surface area contributed by atoms with Crippen molar-refractivity contribution in [3.8, 4) is 11.5 Å². The average Bonchev–Trinajstić information content (AvgIpc) is 2.38. The Morgan fingerprint density at radius 2 is 2.00 bits per heavy atom. The van der Waals surface area contributed by atoms with Crippen LogP contribution in [0.2, 0.25) is 0 Å². The Bertz CT molecular complexity index is 688. The number of nitrogens with one attached hydrogen (secondary N) is 1. The van der Waals surface area contributed by atoms with Crippen molar-refractivity contribution in [2.45, 2.75) is 39.5 Å². The first-order valence-electron chi connectivity index (χ1n) is 6.71. The predicted molar refractivity (Wildman–Crippen MR) is 74.2 cm³/mol. The summed E-state index contributed by atoms with van der Waals surface area (Å²) in [7, 11) is 0. The normalized spacial score (nSPS) is 14.2. The third-order valence-corrected chi connectivity index (χ3v) is 3.63. The summed E-state index contributed by atoms with van der Waals surface area (Å²) >= 11 is 0. The monoisotopic (exact) mass is 255 g/mol. The molecule has 3 rings (SSSR count). The fraction of sp³-hybridized carbons (Fsp3) is 0.400. The Kier molecular flexibility index (Phi) is 2.93. The van der Waals surface area contributed by atoms with Crippen molar-refractivity contribution < 1.29 is 0 Å². The van der Waals surface area contributed by atoms with E-state index < -0.39 is 0 Å². The molecule has 98 valence electrons. The Hall–Kier alpha value is -1.97. The molecule has 0 aromatic carbocycles. The Balaban J connectivity index is 2.15. The summed E-state index contributed by atoms with van der Waals surface area (Å²) in [6.45, 7) is 4.00. The molecule has 2 heterocycles. The Morgan fingerprint density at radius 3 is 2.79 bits per heavy atom. The maximum absolute atomic E-state index is 12.1. The highest BCUT2D eigenvalue weighted by Crippen LogP contribution is 2.21. The highest BCUT2D eigenvalue weighted by Gasteiger charge is 2.17. The van der Waals surface area contributed by atoms with Gasteiger partial charge in [0.05, 0.1) is 5.69 Å². The van der Waals surface area contributed by atoms with Crippen LogP contribution in [0.3, 0.4) is 0 Å². The van der Waals surface area contributed by atoms with Gasteiger partial charge in [0, 0.05) is 11.8 Å². The molecule has 0 saturated heterocycles. The van der Waals surface area contributed by atoms with Gasteiger partial charge in [-0.1, -0.05) is 6.07 Å². The molecule has 1 N–H and O–H groups in total. The average molecular weight is 255 g/mol. The van der Waals surface area contributed by atoms with E-state index in [0.29, 0.717) is 5.82 Å². The molecule has 1 aliphatic rings. The van der Waals surface area contributed by atoms with E-state index in [1.165, 1.54) is 0 Å². The molecule has 0 spiro atoms. The van der Waals surface area contributed by atoms with Gasteiger partial charge in [0.2, 0.25) is 0 Å². The summed E-state index contributed by atoms with van der Waals surface area (Å²) in [6, 6.07) is 2.06. The van der Waals surface area contributed by atoms with Gasteiger partial charge < -0.3 is 4.98 Å². The summed E-state index contributed by atoms with van der Waals surface area (Å²) in [6.07, 6.45) is 5.75. The van der Waals surface area contributed by atoms with E-state index in [1.54, 1.807) is 0 Å². The third-order valence-electron chi connectivity index (χ3n) is 3.63. The lowest BCUT2D eigenvalue weighted by Gasteiger charge is -2.15. The van der Waals surface area contributed by atoms with Gasteiger partial charge in [-0.15, -0.1) is 0 Å². The Labute approximate surface area is 111 Å². The van der Waals surface area contributed by atoms with Crippen LogP contribution in [-0.4, -0.2) is 15.0 Å². The second-order valence-electron chi connectivity index (χ2n) is 5.23. The number of aromatic nitrogens is 3. The van der Waals surface area contributed by atoms with Crippen LogP contribution in [0.5, 0.6) is 0 Å². The zero-order chi connectivity index (χ0) is 13.4. The van der Waals surface area contributed by atoms with Gasteiger partial charge in [-0.2, -0.15) is 0 Å². The summed E-state index contributed by atoms with van der Waals surface area (Å²) in [5, 5.41) is 0. The van der Waals surface area contributed by atoms with Crippen molar-refractivity contribution in [3.05, 3.63) is 45.0 Å². The van der Waals surface area contributed by atoms with Crippen LogP contribution in [0.15, 0.2) is 17.1 Å². The van der Waals surface area contributed by atoms with E-state index >= 15 is 0 Å². The van der Waals surface area contributed by atoms with Crippen LogP contribution in [0.25, 0.3) is 11.5 Å². The fourth-order valence-electron chi connectivity index (χ4n) is 2.68. The summed E-state index contributed by atoms with van der Waals surface area (Å²) < 4.78 is 0. The first-order valence-corrected chi connectivity index (χ1v) is 6.71. The number of aryl methyl sites for hydroxylation is 3. The topological polar surface area (TPSA) is 58.6 Å². The molecule has 0 unspecified atom stereocenters. The van der Waals surface area contributed by atoms with Crippen LogP contribution in [0.4, 0.5) is 0 Å².